The summed E-state index contributed by atoms with van der Waals surface area (Å²) >= 11 is 0. The summed E-state index contributed by atoms with van der Waals surface area (Å²) in [7, 11) is 0. The second-order valence-corrected chi connectivity index (χ2v) is 5.73. The van der Waals surface area contributed by atoms with Crippen LogP contribution >= 0.6 is 0 Å². The van der Waals surface area contributed by atoms with E-state index in [2.05, 4.69) is 39.2 Å². The Labute approximate surface area is 130 Å². The van der Waals surface area contributed by atoms with E-state index in [-0.39, 0.29) is 0 Å². The molecule has 2 atom stereocenters. The lowest BCUT2D eigenvalue weighted by atomic mass is 10.1. The molecule has 0 heterocycles. The number of hydrogen-bond donors (Lipinski definition) is 0. The van der Waals surface area contributed by atoms with Gasteiger partial charge in [0.25, 0.3) is 0 Å². The third kappa shape index (κ3) is 5.92. The van der Waals surface area contributed by atoms with Gasteiger partial charge in [-0.05, 0) is 50.8 Å². The monoisotopic (exact) mass is 289 g/mol. The lowest BCUT2D eigenvalue weighted by molar-refractivity contribution is 0.134. The van der Waals surface area contributed by atoms with Gasteiger partial charge in [-0.15, -0.1) is 0 Å². The molecule has 0 saturated heterocycles. The topological polar surface area (TPSA) is 12.5 Å². The van der Waals surface area contributed by atoms with Crippen molar-refractivity contribution in [2.45, 2.75) is 59.0 Å². The normalized spacial score (nSPS) is 14.0. The van der Waals surface area contributed by atoms with E-state index in [1.54, 1.807) is 0 Å². The standard InChI is InChI=1S/C19H31NO/c1-6-16(4)20(17(5)7-2)14-9-15-21-19-12-10-18(8-3)11-13-19/h8,10-13,16-17H,3,6-7,9,14-15H2,1-2,4-5H3. The van der Waals surface area contributed by atoms with E-state index < -0.39 is 0 Å². The van der Waals surface area contributed by atoms with Gasteiger partial charge in [-0.2, -0.15) is 0 Å². The smallest absolute Gasteiger partial charge is 0.119 e. The molecule has 0 spiro atoms. The molecule has 0 saturated carbocycles. The van der Waals surface area contributed by atoms with Crippen molar-refractivity contribution in [3.8, 4) is 5.75 Å². The molecule has 1 aromatic rings. The van der Waals surface area contributed by atoms with Crippen molar-refractivity contribution in [1.82, 2.24) is 4.90 Å². The summed E-state index contributed by atoms with van der Waals surface area (Å²) in [6.07, 6.45) is 5.32. The maximum atomic E-state index is 5.82. The number of hydrogen-bond acceptors (Lipinski definition) is 2. The van der Waals surface area contributed by atoms with Crippen molar-refractivity contribution in [2.24, 2.45) is 0 Å². The van der Waals surface area contributed by atoms with E-state index in [9.17, 15) is 0 Å². The van der Waals surface area contributed by atoms with Gasteiger partial charge < -0.3 is 4.74 Å². The number of ether oxygens (including phenoxy) is 1. The average Bonchev–Trinajstić information content (AvgIpc) is 2.54. The highest BCUT2D eigenvalue weighted by atomic mass is 16.5. The molecule has 0 aliphatic rings. The zero-order valence-corrected chi connectivity index (χ0v) is 14.1. The third-order valence-corrected chi connectivity index (χ3v) is 4.26. The SMILES string of the molecule is C=Cc1ccc(OCCCN(C(C)CC)C(C)CC)cc1. The molecular weight excluding hydrogens is 258 g/mol. The first-order chi connectivity index (χ1) is 10.1. The van der Waals surface area contributed by atoms with Crippen LogP contribution in [0.25, 0.3) is 6.08 Å². The molecule has 2 heteroatoms. The minimum absolute atomic E-state index is 0.645. The zero-order valence-electron chi connectivity index (χ0n) is 14.1. The first-order valence-corrected chi connectivity index (χ1v) is 8.23. The van der Waals surface area contributed by atoms with Crippen LogP contribution in [0.4, 0.5) is 0 Å². The maximum absolute atomic E-state index is 5.82. The van der Waals surface area contributed by atoms with Gasteiger partial charge in [0.15, 0.2) is 0 Å². The minimum atomic E-state index is 0.645. The highest BCUT2D eigenvalue weighted by Crippen LogP contribution is 2.15. The summed E-state index contributed by atoms with van der Waals surface area (Å²) in [4.78, 5) is 2.60. The second-order valence-electron chi connectivity index (χ2n) is 5.73. The minimum Gasteiger partial charge on any atom is -0.494 e. The van der Waals surface area contributed by atoms with E-state index >= 15 is 0 Å². The van der Waals surface area contributed by atoms with E-state index in [1.807, 2.05) is 30.3 Å². The largest absolute Gasteiger partial charge is 0.494 e. The van der Waals surface area contributed by atoms with Crippen molar-refractivity contribution >= 4 is 6.08 Å². The summed E-state index contributed by atoms with van der Waals surface area (Å²) in [5, 5.41) is 0. The van der Waals surface area contributed by atoms with Gasteiger partial charge >= 0.3 is 0 Å². The Morgan fingerprint density at radius 3 is 2.14 bits per heavy atom. The lowest BCUT2D eigenvalue weighted by Gasteiger charge is -2.33. The number of nitrogens with zero attached hydrogens (tertiary/aromatic N) is 1. The summed E-state index contributed by atoms with van der Waals surface area (Å²) in [5.74, 6) is 0.944. The summed E-state index contributed by atoms with van der Waals surface area (Å²) in [5.41, 5.74) is 1.13. The second kappa shape index (κ2) is 9.62. The predicted octanol–water partition coefficient (Wildman–Crippen LogP) is 5.00. The van der Waals surface area contributed by atoms with Crippen molar-refractivity contribution in [2.75, 3.05) is 13.2 Å². The Balaban J connectivity index is 2.37. The Morgan fingerprint density at radius 2 is 1.67 bits per heavy atom. The fourth-order valence-electron chi connectivity index (χ4n) is 2.48. The van der Waals surface area contributed by atoms with Gasteiger partial charge in [-0.1, -0.05) is 38.6 Å². The van der Waals surface area contributed by atoms with Crippen molar-refractivity contribution in [1.29, 1.82) is 0 Å². The molecule has 1 aromatic carbocycles. The Morgan fingerprint density at radius 1 is 1.10 bits per heavy atom. The van der Waals surface area contributed by atoms with Crippen LogP contribution in [0.2, 0.25) is 0 Å². The van der Waals surface area contributed by atoms with E-state index in [1.165, 1.54) is 12.8 Å². The van der Waals surface area contributed by atoms with Gasteiger partial charge in [-0.25, -0.2) is 0 Å². The molecule has 0 N–H and O–H groups in total. The molecule has 0 aliphatic heterocycles. The number of benzene rings is 1. The predicted molar refractivity (Wildman–Crippen MR) is 92.9 cm³/mol. The Kier molecular flexibility index (Phi) is 8.14. The molecular formula is C19H31NO. The van der Waals surface area contributed by atoms with Crippen LogP contribution in [0.1, 0.15) is 52.5 Å². The van der Waals surface area contributed by atoms with Crippen LogP contribution in [-0.4, -0.2) is 30.1 Å². The van der Waals surface area contributed by atoms with Crippen LogP contribution in [0.15, 0.2) is 30.8 Å². The van der Waals surface area contributed by atoms with Gasteiger partial charge in [0.05, 0.1) is 6.61 Å². The highest BCUT2D eigenvalue weighted by Gasteiger charge is 2.16. The molecule has 118 valence electrons. The molecule has 1 rings (SSSR count). The van der Waals surface area contributed by atoms with Crippen LogP contribution in [0.3, 0.4) is 0 Å². The number of rotatable bonds is 10. The lowest BCUT2D eigenvalue weighted by Crippen LogP contribution is -2.40. The van der Waals surface area contributed by atoms with Crippen molar-refractivity contribution in [3.63, 3.8) is 0 Å². The third-order valence-electron chi connectivity index (χ3n) is 4.26. The van der Waals surface area contributed by atoms with Crippen LogP contribution in [0.5, 0.6) is 5.75 Å². The van der Waals surface area contributed by atoms with Crippen LogP contribution in [-0.2, 0) is 0 Å². The molecule has 2 nitrogen and oxygen atoms in total. The fraction of sp³-hybridized carbons (Fsp3) is 0.579. The first kappa shape index (κ1) is 17.8. The van der Waals surface area contributed by atoms with E-state index in [0.717, 1.165) is 30.9 Å². The molecule has 0 fully saturated rings. The van der Waals surface area contributed by atoms with Crippen LogP contribution in [0, 0.1) is 0 Å². The quantitative estimate of drug-likeness (QED) is 0.562. The van der Waals surface area contributed by atoms with Crippen molar-refractivity contribution < 1.29 is 4.74 Å². The van der Waals surface area contributed by atoms with Crippen LogP contribution < -0.4 is 4.74 Å². The molecule has 2 unspecified atom stereocenters. The molecule has 0 aliphatic carbocycles. The summed E-state index contributed by atoms with van der Waals surface area (Å²) in [6.45, 7) is 14.8. The molecule has 21 heavy (non-hydrogen) atoms. The molecule has 0 aromatic heterocycles. The molecule has 0 radical (unpaired) electrons. The highest BCUT2D eigenvalue weighted by molar-refractivity contribution is 5.48. The molecule has 0 amide bonds. The maximum Gasteiger partial charge on any atom is 0.119 e. The van der Waals surface area contributed by atoms with Gasteiger partial charge in [-0.3, -0.25) is 4.90 Å². The first-order valence-electron chi connectivity index (χ1n) is 8.23. The Bertz CT molecular complexity index is 389. The van der Waals surface area contributed by atoms with Gasteiger partial charge in [0.2, 0.25) is 0 Å². The van der Waals surface area contributed by atoms with E-state index in [4.69, 9.17) is 4.74 Å². The van der Waals surface area contributed by atoms with Gasteiger partial charge in [0, 0.05) is 18.6 Å². The van der Waals surface area contributed by atoms with E-state index in [0.29, 0.717) is 12.1 Å². The summed E-state index contributed by atoms with van der Waals surface area (Å²) < 4.78 is 5.82. The Hall–Kier alpha value is -1.28. The summed E-state index contributed by atoms with van der Waals surface area (Å²) in [6, 6.07) is 9.38. The average molecular weight is 289 g/mol. The van der Waals surface area contributed by atoms with Gasteiger partial charge in [0.1, 0.15) is 5.75 Å². The fourth-order valence-corrected chi connectivity index (χ4v) is 2.48. The molecule has 0 bridgehead atoms. The van der Waals surface area contributed by atoms with Crippen molar-refractivity contribution in [3.05, 3.63) is 36.4 Å². The zero-order chi connectivity index (χ0) is 15.7.